The Morgan fingerprint density at radius 2 is 2.04 bits per heavy atom. The first-order chi connectivity index (χ1) is 11.4. The van der Waals surface area contributed by atoms with E-state index >= 15 is 0 Å². The summed E-state index contributed by atoms with van der Waals surface area (Å²) < 4.78 is 3.86. The molecule has 0 radical (unpaired) electrons. The predicted octanol–water partition coefficient (Wildman–Crippen LogP) is 2.13. The molecule has 0 saturated carbocycles. The molecule has 0 amide bonds. The van der Waals surface area contributed by atoms with Gasteiger partial charge in [-0.25, -0.2) is 9.67 Å². The van der Waals surface area contributed by atoms with Crippen LogP contribution in [-0.4, -0.2) is 42.0 Å². The van der Waals surface area contributed by atoms with Crippen LogP contribution in [0, 0.1) is 0 Å². The monoisotopic (exact) mass is 308 g/mol. The fourth-order valence-corrected chi connectivity index (χ4v) is 3.23. The molecule has 1 saturated heterocycles. The molecule has 4 rings (SSSR count). The first-order valence-corrected chi connectivity index (χ1v) is 8.05. The second-order valence-electron chi connectivity index (χ2n) is 5.97. The Balaban J connectivity index is 1.44. The number of aromatic nitrogens is 5. The van der Waals surface area contributed by atoms with Crippen molar-refractivity contribution in [3.63, 3.8) is 0 Å². The van der Waals surface area contributed by atoms with Crippen LogP contribution in [0.15, 0.2) is 55.2 Å². The molecule has 1 aliphatic rings. The number of nitrogens with zero attached hydrogens (tertiary/aromatic N) is 6. The molecule has 3 heterocycles. The average molecular weight is 308 g/mol. The van der Waals surface area contributed by atoms with Gasteiger partial charge in [0.15, 0.2) is 0 Å². The molecule has 6 nitrogen and oxygen atoms in total. The summed E-state index contributed by atoms with van der Waals surface area (Å²) in [4.78, 5) is 6.53. The summed E-state index contributed by atoms with van der Waals surface area (Å²) in [5.74, 6) is 0. The normalized spacial score (nSPS) is 18.5. The molecule has 0 unspecified atom stereocenters. The van der Waals surface area contributed by atoms with Gasteiger partial charge in [-0.1, -0.05) is 18.2 Å². The van der Waals surface area contributed by atoms with Crippen molar-refractivity contribution in [2.24, 2.45) is 0 Å². The van der Waals surface area contributed by atoms with Crippen molar-refractivity contribution in [2.45, 2.75) is 32.0 Å². The van der Waals surface area contributed by atoms with Crippen LogP contribution in [-0.2, 0) is 13.1 Å². The van der Waals surface area contributed by atoms with Crippen molar-refractivity contribution >= 4 is 0 Å². The zero-order valence-electron chi connectivity index (χ0n) is 13.0. The van der Waals surface area contributed by atoms with Crippen molar-refractivity contribution in [2.75, 3.05) is 6.54 Å². The molecule has 23 heavy (non-hydrogen) atoms. The summed E-state index contributed by atoms with van der Waals surface area (Å²) in [5.41, 5.74) is 2.21. The highest BCUT2D eigenvalue weighted by molar-refractivity contribution is 5.30. The van der Waals surface area contributed by atoms with Gasteiger partial charge in [0, 0.05) is 18.8 Å². The summed E-state index contributed by atoms with van der Waals surface area (Å²) in [6.45, 7) is 2.91. The Kier molecular flexibility index (Phi) is 3.90. The molecule has 1 aromatic carbocycles. The summed E-state index contributed by atoms with van der Waals surface area (Å²) in [5, 5.41) is 8.94. The number of likely N-dealkylation sites (tertiary alicyclic amines) is 1. The van der Waals surface area contributed by atoms with E-state index in [9.17, 15) is 0 Å². The third-order valence-electron chi connectivity index (χ3n) is 4.39. The molecule has 0 aliphatic carbocycles. The lowest BCUT2D eigenvalue weighted by Crippen LogP contribution is -2.32. The molecule has 6 heteroatoms. The first kappa shape index (κ1) is 14.1. The smallest absolute Gasteiger partial charge is 0.137 e. The molecule has 118 valence electrons. The van der Waals surface area contributed by atoms with E-state index in [2.05, 4.69) is 33.2 Å². The van der Waals surface area contributed by atoms with Crippen molar-refractivity contribution in [3.8, 4) is 5.69 Å². The molecule has 0 bridgehead atoms. The van der Waals surface area contributed by atoms with Gasteiger partial charge in [-0.15, -0.1) is 0 Å². The second kappa shape index (κ2) is 6.34. The van der Waals surface area contributed by atoms with Crippen molar-refractivity contribution in [1.82, 2.24) is 29.4 Å². The lowest BCUT2D eigenvalue weighted by molar-refractivity contribution is 0.216. The van der Waals surface area contributed by atoms with E-state index in [-0.39, 0.29) is 0 Å². The standard InChI is InChI=1S/C17H20N6/c1-2-5-16(6-3-1)23-10-8-15(20-23)11-21-9-4-7-17(21)12-22-14-18-13-19-22/h1-3,5-6,8,10,13-14,17H,4,7,9,11-12H2/t17-/m0/s1. The Hall–Kier alpha value is -2.47. The maximum absolute atomic E-state index is 4.72. The predicted molar refractivity (Wildman–Crippen MR) is 87.0 cm³/mol. The van der Waals surface area contributed by atoms with Gasteiger partial charge in [0.25, 0.3) is 0 Å². The third kappa shape index (κ3) is 3.17. The largest absolute Gasteiger partial charge is 0.293 e. The van der Waals surface area contributed by atoms with Crippen molar-refractivity contribution < 1.29 is 0 Å². The van der Waals surface area contributed by atoms with Crippen LogP contribution in [0.2, 0.25) is 0 Å². The lowest BCUT2D eigenvalue weighted by atomic mass is 10.2. The van der Waals surface area contributed by atoms with Gasteiger partial charge < -0.3 is 0 Å². The van der Waals surface area contributed by atoms with Crippen molar-refractivity contribution in [1.29, 1.82) is 0 Å². The maximum Gasteiger partial charge on any atom is 0.137 e. The SMILES string of the molecule is c1ccc(-n2ccc(CN3CCC[C@H]3Cn3cncn3)n2)cc1. The highest BCUT2D eigenvalue weighted by atomic mass is 15.3. The molecular formula is C17H20N6. The molecule has 2 aromatic heterocycles. The molecule has 1 fully saturated rings. The molecule has 3 aromatic rings. The van der Waals surface area contributed by atoms with Gasteiger partial charge in [-0.05, 0) is 37.6 Å². The van der Waals surface area contributed by atoms with E-state index in [1.165, 1.54) is 12.8 Å². The van der Waals surface area contributed by atoms with E-state index in [1.54, 1.807) is 12.7 Å². The van der Waals surface area contributed by atoms with E-state index in [1.807, 2.05) is 33.8 Å². The zero-order chi connectivity index (χ0) is 15.5. The highest BCUT2D eigenvalue weighted by Gasteiger charge is 2.25. The third-order valence-corrected chi connectivity index (χ3v) is 4.39. The maximum atomic E-state index is 4.72. The number of rotatable bonds is 5. The van der Waals surface area contributed by atoms with Gasteiger partial charge in [0.05, 0.1) is 17.9 Å². The molecule has 0 spiro atoms. The van der Waals surface area contributed by atoms with E-state index in [0.717, 1.165) is 31.0 Å². The summed E-state index contributed by atoms with van der Waals surface area (Å²) in [6, 6.07) is 12.8. The minimum Gasteiger partial charge on any atom is -0.293 e. The Morgan fingerprint density at radius 1 is 1.13 bits per heavy atom. The van der Waals surface area contributed by atoms with Crippen LogP contribution >= 0.6 is 0 Å². The summed E-state index contributed by atoms with van der Waals surface area (Å²) in [7, 11) is 0. The first-order valence-electron chi connectivity index (χ1n) is 8.05. The number of benzene rings is 1. The van der Waals surface area contributed by atoms with Crippen LogP contribution in [0.25, 0.3) is 5.69 Å². The van der Waals surface area contributed by atoms with Gasteiger partial charge in [0.1, 0.15) is 12.7 Å². The summed E-state index contributed by atoms with van der Waals surface area (Å²) >= 11 is 0. The van der Waals surface area contributed by atoms with Gasteiger partial charge in [0.2, 0.25) is 0 Å². The molecule has 0 N–H and O–H groups in total. The van der Waals surface area contributed by atoms with Crippen LogP contribution in [0.1, 0.15) is 18.5 Å². The van der Waals surface area contributed by atoms with Gasteiger partial charge >= 0.3 is 0 Å². The minimum atomic E-state index is 0.513. The molecule has 1 aliphatic heterocycles. The van der Waals surface area contributed by atoms with E-state index in [4.69, 9.17) is 5.10 Å². The highest BCUT2D eigenvalue weighted by Crippen LogP contribution is 2.21. The Morgan fingerprint density at radius 3 is 2.87 bits per heavy atom. The topological polar surface area (TPSA) is 51.8 Å². The van der Waals surface area contributed by atoms with Crippen LogP contribution in [0.5, 0.6) is 0 Å². The fraction of sp³-hybridized carbons (Fsp3) is 0.353. The fourth-order valence-electron chi connectivity index (χ4n) is 3.23. The van der Waals surface area contributed by atoms with E-state index < -0.39 is 0 Å². The summed E-state index contributed by atoms with van der Waals surface area (Å²) in [6.07, 6.45) is 7.87. The van der Waals surface area contributed by atoms with Crippen LogP contribution in [0.4, 0.5) is 0 Å². The van der Waals surface area contributed by atoms with Gasteiger partial charge in [-0.3, -0.25) is 9.58 Å². The zero-order valence-corrected chi connectivity index (χ0v) is 13.0. The number of para-hydroxylation sites is 1. The second-order valence-corrected chi connectivity index (χ2v) is 5.97. The average Bonchev–Trinajstić information content (AvgIpc) is 3.33. The number of hydrogen-bond acceptors (Lipinski definition) is 4. The Bertz CT molecular complexity index is 734. The number of hydrogen-bond donors (Lipinski definition) is 0. The van der Waals surface area contributed by atoms with Crippen molar-refractivity contribution in [3.05, 3.63) is 60.9 Å². The van der Waals surface area contributed by atoms with Gasteiger partial charge in [-0.2, -0.15) is 10.2 Å². The lowest BCUT2D eigenvalue weighted by Gasteiger charge is -2.23. The molecule has 1 atom stereocenters. The van der Waals surface area contributed by atoms with Crippen LogP contribution in [0.3, 0.4) is 0 Å². The molecular weight excluding hydrogens is 288 g/mol. The minimum absolute atomic E-state index is 0.513. The Labute approximate surface area is 135 Å². The van der Waals surface area contributed by atoms with E-state index in [0.29, 0.717) is 6.04 Å². The quantitative estimate of drug-likeness (QED) is 0.724. The van der Waals surface area contributed by atoms with Crippen LogP contribution < -0.4 is 0 Å².